The summed E-state index contributed by atoms with van der Waals surface area (Å²) in [5.74, 6) is 0. The first-order valence-electron chi connectivity index (χ1n) is 5.05. The van der Waals surface area contributed by atoms with Crippen LogP contribution in [0.2, 0.25) is 15.1 Å². The Hall–Kier alpha value is -0.950. The minimum atomic E-state index is 0.392. The number of rotatable bonds is 2. The molecule has 0 aliphatic carbocycles. The average Bonchev–Trinajstić information content (AvgIpc) is 2.36. The molecule has 0 saturated carbocycles. The Labute approximate surface area is 115 Å². The number of benzene rings is 2. The average molecular weight is 284 g/mol. The molecule has 0 nitrogen and oxygen atoms in total. The van der Waals surface area contributed by atoms with Crippen molar-refractivity contribution >= 4 is 47.0 Å². The maximum Gasteiger partial charge on any atom is 0.0784 e. The second-order valence-electron chi connectivity index (χ2n) is 3.51. The quantitative estimate of drug-likeness (QED) is 0.481. The Morgan fingerprint density at radius 3 is 2.12 bits per heavy atom. The molecule has 0 radical (unpaired) electrons. The molecule has 0 aliphatic rings. The molecular weight excluding hydrogens is 275 g/mol. The fourth-order valence-corrected chi connectivity index (χ4v) is 2.03. The van der Waals surface area contributed by atoms with Crippen LogP contribution in [-0.4, -0.2) is 0 Å². The molecule has 0 heterocycles. The maximum absolute atomic E-state index is 6.10. The second-order valence-corrected chi connectivity index (χ2v) is 4.67. The van der Waals surface area contributed by atoms with Gasteiger partial charge in [0.2, 0.25) is 0 Å². The molecule has 0 spiro atoms. The third-order valence-electron chi connectivity index (χ3n) is 2.32. The van der Waals surface area contributed by atoms with E-state index in [0.717, 1.165) is 11.1 Å². The van der Waals surface area contributed by atoms with E-state index in [1.807, 2.05) is 48.6 Å². The van der Waals surface area contributed by atoms with Gasteiger partial charge in [-0.25, -0.2) is 0 Å². The van der Waals surface area contributed by atoms with Gasteiger partial charge in [-0.1, -0.05) is 83.4 Å². The van der Waals surface area contributed by atoms with Crippen molar-refractivity contribution in [3.8, 4) is 0 Å². The van der Waals surface area contributed by atoms with Crippen molar-refractivity contribution in [1.82, 2.24) is 0 Å². The van der Waals surface area contributed by atoms with E-state index in [9.17, 15) is 0 Å². The highest BCUT2D eigenvalue weighted by Crippen LogP contribution is 2.33. The SMILES string of the molecule is Clc1ccc(C=Cc2ccccc2)c(Cl)c1Cl. The third-order valence-corrected chi connectivity index (χ3v) is 3.63. The Kier molecular flexibility index (Phi) is 4.11. The molecule has 0 fully saturated rings. The van der Waals surface area contributed by atoms with Crippen molar-refractivity contribution in [2.45, 2.75) is 0 Å². The highest BCUT2D eigenvalue weighted by Gasteiger charge is 2.05. The van der Waals surface area contributed by atoms with Gasteiger partial charge >= 0.3 is 0 Å². The van der Waals surface area contributed by atoms with E-state index in [0.29, 0.717) is 15.1 Å². The number of hydrogen-bond acceptors (Lipinski definition) is 0. The molecule has 0 aliphatic heterocycles. The zero-order valence-corrected chi connectivity index (χ0v) is 11.1. The fourth-order valence-electron chi connectivity index (χ4n) is 1.42. The summed E-state index contributed by atoms with van der Waals surface area (Å²) in [5.41, 5.74) is 1.96. The van der Waals surface area contributed by atoms with Gasteiger partial charge in [0.05, 0.1) is 15.1 Å². The molecule has 2 aromatic rings. The molecule has 3 heteroatoms. The van der Waals surface area contributed by atoms with Gasteiger partial charge < -0.3 is 0 Å². The van der Waals surface area contributed by atoms with Gasteiger partial charge in [0.1, 0.15) is 0 Å². The molecule has 86 valence electrons. The Morgan fingerprint density at radius 2 is 1.41 bits per heavy atom. The van der Waals surface area contributed by atoms with E-state index >= 15 is 0 Å². The summed E-state index contributed by atoms with van der Waals surface area (Å²) in [5, 5.41) is 1.34. The van der Waals surface area contributed by atoms with Crippen LogP contribution in [-0.2, 0) is 0 Å². The van der Waals surface area contributed by atoms with Crippen LogP contribution in [0.15, 0.2) is 42.5 Å². The zero-order chi connectivity index (χ0) is 12.3. The van der Waals surface area contributed by atoms with Crippen LogP contribution in [0.25, 0.3) is 12.2 Å². The Balaban J connectivity index is 2.31. The van der Waals surface area contributed by atoms with Crippen molar-refractivity contribution in [3.05, 3.63) is 68.7 Å². The lowest BCUT2D eigenvalue weighted by Gasteiger charge is -2.02. The van der Waals surface area contributed by atoms with Crippen LogP contribution in [0, 0.1) is 0 Å². The molecular formula is C14H9Cl3. The van der Waals surface area contributed by atoms with Crippen LogP contribution in [0.5, 0.6) is 0 Å². The van der Waals surface area contributed by atoms with Gasteiger partial charge in [-0.05, 0) is 17.2 Å². The van der Waals surface area contributed by atoms with Crippen molar-refractivity contribution in [2.24, 2.45) is 0 Å². The molecule has 0 unspecified atom stereocenters. The molecule has 0 saturated heterocycles. The van der Waals surface area contributed by atoms with Crippen molar-refractivity contribution < 1.29 is 0 Å². The second kappa shape index (κ2) is 5.59. The molecule has 0 amide bonds. The first-order chi connectivity index (χ1) is 8.18. The van der Waals surface area contributed by atoms with Crippen LogP contribution < -0.4 is 0 Å². The molecule has 2 aromatic carbocycles. The third kappa shape index (κ3) is 3.04. The maximum atomic E-state index is 6.10. The first-order valence-corrected chi connectivity index (χ1v) is 6.18. The van der Waals surface area contributed by atoms with Crippen LogP contribution >= 0.6 is 34.8 Å². The first kappa shape index (κ1) is 12.5. The lowest BCUT2D eigenvalue weighted by atomic mass is 10.1. The molecule has 0 N–H and O–H groups in total. The Bertz CT molecular complexity index is 545. The number of halogens is 3. The predicted octanol–water partition coefficient (Wildman–Crippen LogP) is 5.82. The van der Waals surface area contributed by atoms with Crippen molar-refractivity contribution in [2.75, 3.05) is 0 Å². The minimum Gasteiger partial charge on any atom is -0.0827 e. The van der Waals surface area contributed by atoms with E-state index < -0.39 is 0 Å². The summed E-state index contributed by atoms with van der Waals surface area (Å²) in [7, 11) is 0. The van der Waals surface area contributed by atoms with Gasteiger partial charge in [0.25, 0.3) is 0 Å². The zero-order valence-electron chi connectivity index (χ0n) is 8.83. The summed E-state index contributed by atoms with van der Waals surface area (Å²) in [6.07, 6.45) is 3.89. The van der Waals surface area contributed by atoms with E-state index in [-0.39, 0.29) is 0 Å². The fraction of sp³-hybridized carbons (Fsp3) is 0. The van der Waals surface area contributed by atoms with Gasteiger partial charge in [-0.3, -0.25) is 0 Å². The monoisotopic (exact) mass is 282 g/mol. The minimum absolute atomic E-state index is 0.392. The van der Waals surface area contributed by atoms with Crippen molar-refractivity contribution in [1.29, 1.82) is 0 Å². The summed E-state index contributed by atoms with van der Waals surface area (Å²) >= 11 is 17.9. The van der Waals surface area contributed by atoms with E-state index in [2.05, 4.69) is 0 Å². The lowest BCUT2D eigenvalue weighted by Crippen LogP contribution is -1.78. The van der Waals surface area contributed by atoms with Gasteiger partial charge in [0, 0.05) is 0 Å². The molecule has 0 aromatic heterocycles. The van der Waals surface area contributed by atoms with E-state index in [1.165, 1.54) is 0 Å². The highest BCUT2D eigenvalue weighted by atomic mass is 35.5. The topological polar surface area (TPSA) is 0 Å². The normalized spacial score (nSPS) is 11.0. The van der Waals surface area contributed by atoms with Crippen LogP contribution in [0.3, 0.4) is 0 Å². The smallest absolute Gasteiger partial charge is 0.0784 e. The molecule has 17 heavy (non-hydrogen) atoms. The largest absolute Gasteiger partial charge is 0.0827 e. The van der Waals surface area contributed by atoms with E-state index in [1.54, 1.807) is 6.07 Å². The predicted molar refractivity (Wildman–Crippen MR) is 76.8 cm³/mol. The standard InChI is InChI=1S/C14H9Cl3/c15-12-9-8-11(13(16)14(12)17)7-6-10-4-2-1-3-5-10/h1-9H. The van der Waals surface area contributed by atoms with Gasteiger partial charge in [-0.2, -0.15) is 0 Å². The molecule has 0 atom stereocenters. The highest BCUT2D eigenvalue weighted by molar-refractivity contribution is 6.48. The summed E-state index contributed by atoms with van der Waals surface area (Å²) in [4.78, 5) is 0. The van der Waals surface area contributed by atoms with E-state index in [4.69, 9.17) is 34.8 Å². The van der Waals surface area contributed by atoms with Gasteiger partial charge in [-0.15, -0.1) is 0 Å². The summed E-state index contributed by atoms with van der Waals surface area (Å²) in [6, 6.07) is 13.6. The lowest BCUT2D eigenvalue weighted by molar-refractivity contribution is 1.64. The van der Waals surface area contributed by atoms with Gasteiger partial charge in [0.15, 0.2) is 0 Å². The molecule has 0 bridgehead atoms. The van der Waals surface area contributed by atoms with Crippen LogP contribution in [0.1, 0.15) is 11.1 Å². The summed E-state index contributed by atoms with van der Waals surface area (Å²) < 4.78 is 0. The van der Waals surface area contributed by atoms with Crippen LogP contribution in [0.4, 0.5) is 0 Å². The Morgan fingerprint density at radius 1 is 0.706 bits per heavy atom. The molecule has 2 rings (SSSR count). The van der Waals surface area contributed by atoms with Crippen molar-refractivity contribution in [3.63, 3.8) is 0 Å². The number of hydrogen-bond donors (Lipinski definition) is 0. The summed E-state index contributed by atoms with van der Waals surface area (Å²) in [6.45, 7) is 0.